The van der Waals surface area contributed by atoms with Crippen molar-refractivity contribution in [3.8, 4) is 5.75 Å². The third-order valence-corrected chi connectivity index (χ3v) is 4.23. The molecule has 1 N–H and O–H groups in total. The van der Waals surface area contributed by atoms with Gasteiger partial charge in [-0.15, -0.1) is 11.8 Å². The van der Waals surface area contributed by atoms with E-state index in [1.807, 2.05) is 23.9 Å². The molecule has 1 aromatic rings. The first-order valence-corrected chi connectivity index (χ1v) is 6.78. The minimum atomic E-state index is 0.767. The summed E-state index contributed by atoms with van der Waals surface area (Å²) in [5.41, 5.74) is 0. The molecule has 3 heteroatoms. The molecule has 0 aliphatic carbocycles. The normalized spacial score (nSPS) is 21.4. The largest absolute Gasteiger partial charge is 0.497 e. The third-order valence-electron chi connectivity index (χ3n) is 2.88. The van der Waals surface area contributed by atoms with Gasteiger partial charge in [0.25, 0.3) is 0 Å². The van der Waals surface area contributed by atoms with Gasteiger partial charge in [-0.25, -0.2) is 0 Å². The molecule has 0 spiro atoms. The van der Waals surface area contributed by atoms with Crippen LogP contribution in [0.4, 0.5) is 0 Å². The van der Waals surface area contributed by atoms with Crippen LogP contribution in [0.3, 0.4) is 0 Å². The standard InChI is InChI=1S/C13H19NOS/c1-15-11-4-6-13(7-5-11)16-12-3-2-9-14-10-8-12/h4-7,12,14H,2-3,8-10H2,1H3. The predicted molar refractivity (Wildman–Crippen MR) is 69.4 cm³/mol. The van der Waals surface area contributed by atoms with E-state index >= 15 is 0 Å². The number of hydrogen-bond donors (Lipinski definition) is 1. The van der Waals surface area contributed by atoms with Crippen molar-refractivity contribution in [3.05, 3.63) is 24.3 Å². The third kappa shape index (κ3) is 3.42. The van der Waals surface area contributed by atoms with Crippen LogP contribution in [-0.4, -0.2) is 25.4 Å². The molecule has 16 heavy (non-hydrogen) atoms. The fourth-order valence-corrected chi connectivity index (χ4v) is 3.15. The highest BCUT2D eigenvalue weighted by atomic mass is 32.2. The Balaban J connectivity index is 1.91. The van der Waals surface area contributed by atoms with E-state index in [1.54, 1.807) is 7.11 Å². The van der Waals surface area contributed by atoms with E-state index in [2.05, 4.69) is 17.4 Å². The molecule has 1 unspecified atom stereocenters. The van der Waals surface area contributed by atoms with Gasteiger partial charge in [0.15, 0.2) is 0 Å². The Bertz CT molecular complexity index is 304. The van der Waals surface area contributed by atoms with Crippen molar-refractivity contribution >= 4 is 11.8 Å². The Morgan fingerprint density at radius 2 is 2.00 bits per heavy atom. The second kappa shape index (κ2) is 6.16. The molecule has 1 heterocycles. The number of ether oxygens (including phenoxy) is 1. The Labute approximate surface area is 102 Å². The molecule has 2 rings (SSSR count). The van der Waals surface area contributed by atoms with Crippen LogP contribution in [-0.2, 0) is 0 Å². The van der Waals surface area contributed by atoms with Crippen molar-refractivity contribution in [2.45, 2.75) is 29.4 Å². The Hall–Kier alpha value is -0.670. The van der Waals surface area contributed by atoms with E-state index in [9.17, 15) is 0 Å². The predicted octanol–water partition coefficient (Wildman–Crippen LogP) is 2.93. The van der Waals surface area contributed by atoms with Gasteiger partial charge in [-0.2, -0.15) is 0 Å². The fourth-order valence-electron chi connectivity index (χ4n) is 1.95. The van der Waals surface area contributed by atoms with Crippen molar-refractivity contribution in [2.24, 2.45) is 0 Å². The summed E-state index contributed by atoms with van der Waals surface area (Å²) in [4.78, 5) is 1.35. The van der Waals surface area contributed by atoms with Crippen molar-refractivity contribution in [1.29, 1.82) is 0 Å². The van der Waals surface area contributed by atoms with Crippen molar-refractivity contribution < 1.29 is 4.74 Å². The second-order valence-corrected chi connectivity index (χ2v) is 5.47. The van der Waals surface area contributed by atoms with Gasteiger partial charge in [-0.05, 0) is 56.6 Å². The highest BCUT2D eigenvalue weighted by molar-refractivity contribution is 8.00. The quantitative estimate of drug-likeness (QED) is 0.873. The van der Waals surface area contributed by atoms with Crippen LogP contribution < -0.4 is 10.1 Å². The highest BCUT2D eigenvalue weighted by Gasteiger charge is 2.12. The van der Waals surface area contributed by atoms with Gasteiger partial charge in [0.05, 0.1) is 7.11 Å². The minimum Gasteiger partial charge on any atom is -0.497 e. The summed E-state index contributed by atoms with van der Waals surface area (Å²) in [6, 6.07) is 8.39. The zero-order valence-corrected chi connectivity index (χ0v) is 10.6. The first-order chi connectivity index (χ1) is 7.88. The van der Waals surface area contributed by atoms with Crippen LogP contribution in [0.5, 0.6) is 5.75 Å². The molecular weight excluding hydrogens is 218 g/mol. The second-order valence-electron chi connectivity index (χ2n) is 4.10. The maximum atomic E-state index is 5.16. The number of hydrogen-bond acceptors (Lipinski definition) is 3. The summed E-state index contributed by atoms with van der Waals surface area (Å²) in [5, 5.41) is 4.21. The lowest BCUT2D eigenvalue weighted by Crippen LogP contribution is -2.14. The van der Waals surface area contributed by atoms with Crippen molar-refractivity contribution in [1.82, 2.24) is 5.32 Å². The van der Waals surface area contributed by atoms with Crippen LogP contribution in [0.25, 0.3) is 0 Å². The van der Waals surface area contributed by atoms with Gasteiger partial charge in [-0.3, -0.25) is 0 Å². The fraction of sp³-hybridized carbons (Fsp3) is 0.538. The molecule has 88 valence electrons. The summed E-state index contributed by atoms with van der Waals surface area (Å²) in [6.45, 7) is 2.34. The van der Waals surface area contributed by atoms with Crippen LogP contribution in [0.15, 0.2) is 29.2 Å². The van der Waals surface area contributed by atoms with Crippen LogP contribution in [0, 0.1) is 0 Å². The molecule has 0 bridgehead atoms. The molecule has 0 amide bonds. The van der Waals surface area contributed by atoms with E-state index < -0.39 is 0 Å². The summed E-state index contributed by atoms with van der Waals surface area (Å²) in [7, 11) is 1.71. The van der Waals surface area contributed by atoms with Gasteiger partial charge in [0.2, 0.25) is 0 Å². The molecule has 0 saturated carbocycles. The zero-order valence-electron chi connectivity index (χ0n) is 9.74. The molecule has 1 fully saturated rings. The average molecular weight is 237 g/mol. The van der Waals surface area contributed by atoms with Crippen LogP contribution >= 0.6 is 11.8 Å². The SMILES string of the molecule is COc1ccc(SC2CCCNCC2)cc1. The Kier molecular flexibility index (Phi) is 4.55. The summed E-state index contributed by atoms with van der Waals surface area (Å²) < 4.78 is 5.16. The molecule has 0 aromatic heterocycles. The van der Waals surface area contributed by atoms with Crippen molar-refractivity contribution in [3.63, 3.8) is 0 Å². The van der Waals surface area contributed by atoms with Crippen molar-refractivity contribution in [2.75, 3.05) is 20.2 Å². The lowest BCUT2D eigenvalue weighted by atomic mass is 10.2. The number of thioether (sulfide) groups is 1. The monoisotopic (exact) mass is 237 g/mol. The summed E-state index contributed by atoms with van der Waals surface area (Å²) >= 11 is 2.00. The molecule has 1 aliphatic rings. The van der Waals surface area contributed by atoms with Gasteiger partial charge in [0.1, 0.15) is 5.75 Å². The Morgan fingerprint density at radius 3 is 2.75 bits per heavy atom. The molecule has 1 atom stereocenters. The first-order valence-electron chi connectivity index (χ1n) is 5.90. The topological polar surface area (TPSA) is 21.3 Å². The molecule has 0 radical (unpaired) electrons. The molecular formula is C13H19NOS. The summed E-state index contributed by atoms with van der Waals surface area (Å²) in [5.74, 6) is 0.937. The van der Waals surface area contributed by atoms with E-state index in [4.69, 9.17) is 4.74 Å². The number of benzene rings is 1. The molecule has 1 aliphatic heterocycles. The minimum absolute atomic E-state index is 0.767. The maximum Gasteiger partial charge on any atom is 0.118 e. The lowest BCUT2D eigenvalue weighted by molar-refractivity contribution is 0.414. The highest BCUT2D eigenvalue weighted by Crippen LogP contribution is 2.30. The summed E-state index contributed by atoms with van der Waals surface area (Å²) in [6.07, 6.45) is 3.90. The number of nitrogens with one attached hydrogen (secondary N) is 1. The maximum absolute atomic E-state index is 5.16. The molecule has 1 saturated heterocycles. The van der Waals surface area contributed by atoms with Crippen LogP contribution in [0.1, 0.15) is 19.3 Å². The van der Waals surface area contributed by atoms with E-state index in [0.29, 0.717) is 0 Å². The van der Waals surface area contributed by atoms with Crippen LogP contribution in [0.2, 0.25) is 0 Å². The lowest BCUT2D eigenvalue weighted by Gasteiger charge is -2.13. The van der Waals surface area contributed by atoms with Gasteiger partial charge in [-0.1, -0.05) is 0 Å². The first kappa shape index (κ1) is 11.8. The zero-order chi connectivity index (χ0) is 11.2. The number of rotatable bonds is 3. The number of methoxy groups -OCH3 is 1. The average Bonchev–Trinajstić information content (AvgIpc) is 2.59. The van der Waals surface area contributed by atoms with Gasteiger partial charge in [0, 0.05) is 10.1 Å². The van der Waals surface area contributed by atoms with Gasteiger partial charge < -0.3 is 10.1 Å². The Morgan fingerprint density at radius 1 is 1.19 bits per heavy atom. The molecule has 1 aromatic carbocycles. The van der Waals surface area contributed by atoms with E-state index in [0.717, 1.165) is 17.5 Å². The molecule has 2 nitrogen and oxygen atoms in total. The van der Waals surface area contributed by atoms with E-state index in [-0.39, 0.29) is 0 Å². The smallest absolute Gasteiger partial charge is 0.118 e. The van der Waals surface area contributed by atoms with Gasteiger partial charge >= 0.3 is 0 Å². The van der Waals surface area contributed by atoms with E-state index in [1.165, 1.54) is 30.7 Å².